The molecule has 0 spiro atoms. The van der Waals surface area contributed by atoms with Gasteiger partial charge in [0.1, 0.15) is 11.3 Å². The molecule has 0 saturated carbocycles. The maximum atomic E-state index is 11.5. The zero-order valence-electron chi connectivity index (χ0n) is 14.0. The van der Waals surface area contributed by atoms with Crippen molar-refractivity contribution in [1.82, 2.24) is 14.5 Å². The topological polar surface area (TPSA) is 90.9 Å². The third kappa shape index (κ3) is 2.87. The molecular formula is C19H16N4O2S. The van der Waals surface area contributed by atoms with Crippen molar-refractivity contribution >= 4 is 21.2 Å². The van der Waals surface area contributed by atoms with Crippen molar-refractivity contribution in [3.63, 3.8) is 0 Å². The molecule has 0 amide bonds. The highest BCUT2D eigenvalue weighted by atomic mass is 32.2. The van der Waals surface area contributed by atoms with Gasteiger partial charge in [0.15, 0.2) is 5.65 Å². The lowest BCUT2D eigenvalue weighted by molar-refractivity contribution is 0.598. The maximum absolute atomic E-state index is 11.5. The molecule has 0 aliphatic carbocycles. The number of fused-ring (bicyclic) bond motifs is 1. The van der Waals surface area contributed by atoms with Gasteiger partial charge in [-0.25, -0.2) is 23.5 Å². The van der Waals surface area contributed by atoms with E-state index in [2.05, 4.69) is 4.98 Å². The van der Waals surface area contributed by atoms with Crippen LogP contribution < -0.4 is 5.14 Å². The Hall–Kier alpha value is -3.03. The van der Waals surface area contributed by atoms with Crippen molar-refractivity contribution in [3.05, 3.63) is 72.4 Å². The Balaban J connectivity index is 1.95. The van der Waals surface area contributed by atoms with Crippen LogP contribution in [-0.4, -0.2) is 23.0 Å². The summed E-state index contributed by atoms with van der Waals surface area (Å²) in [5.41, 5.74) is 4.36. The van der Waals surface area contributed by atoms with Crippen molar-refractivity contribution in [2.45, 2.75) is 11.8 Å². The molecule has 26 heavy (non-hydrogen) atoms. The summed E-state index contributed by atoms with van der Waals surface area (Å²) in [4.78, 5) is 9.23. The van der Waals surface area contributed by atoms with Crippen LogP contribution in [0.4, 0.5) is 0 Å². The molecule has 0 aliphatic rings. The van der Waals surface area contributed by atoms with Gasteiger partial charge in [-0.15, -0.1) is 0 Å². The molecular weight excluding hydrogens is 348 g/mol. The fourth-order valence-electron chi connectivity index (χ4n) is 2.84. The Morgan fingerprint density at radius 1 is 0.962 bits per heavy atom. The first-order valence-electron chi connectivity index (χ1n) is 7.97. The maximum Gasteiger partial charge on any atom is 0.238 e. The molecule has 0 saturated heterocycles. The molecule has 2 heterocycles. The number of aromatic nitrogens is 3. The largest absolute Gasteiger partial charge is 0.277 e. The number of sulfonamides is 1. The molecule has 4 rings (SSSR count). The van der Waals surface area contributed by atoms with Crippen LogP contribution in [0, 0.1) is 6.92 Å². The molecule has 2 N–H and O–H groups in total. The van der Waals surface area contributed by atoms with Crippen LogP contribution in [0.25, 0.3) is 28.2 Å². The van der Waals surface area contributed by atoms with E-state index in [0.717, 1.165) is 28.0 Å². The Labute approximate surface area is 151 Å². The number of aryl methyl sites for hydroxylation is 1. The summed E-state index contributed by atoms with van der Waals surface area (Å²) in [7, 11) is -3.73. The van der Waals surface area contributed by atoms with E-state index in [-0.39, 0.29) is 4.90 Å². The molecule has 6 nitrogen and oxygen atoms in total. The van der Waals surface area contributed by atoms with E-state index in [1.54, 1.807) is 18.3 Å². The standard InChI is InChI=1S/C19H16N4O2S/c1-13-4-8-15(9-5-13)23-18(22-17-3-2-12-21-19(17)23)14-6-10-16(11-7-14)26(20,24)25/h2-12H,1H3,(H2,20,24,25). The van der Waals surface area contributed by atoms with Crippen LogP contribution in [0.5, 0.6) is 0 Å². The minimum atomic E-state index is -3.73. The molecule has 0 radical (unpaired) electrons. The Morgan fingerprint density at radius 2 is 1.65 bits per heavy atom. The zero-order valence-corrected chi connectivity index (χ0v) is 14.8. The van der Waals surface area contributed by atoms with Gasteiger partial charge < -0.3 is 0 Å². The Bertz CT molecular complexity index is 1190. The van der Waals surface area contributed by atoms with Gasteiger partial charge in [-0.1, -0.05) is 17.7 Å². The molecule has 2 aromatic heterocycles. The number of nitrogens with two attached hydrogens (primary N) is 1. The number of hydrogen-bond acceptors (Lipinski definition) is 4. The van der Waals surface area contributed by atoms with Gasteiger partial charge in [0.05, 0.1) is 4.90 Å². The monoisotopic (exact) mass is 364 g/mol. The van der Waals surface area contributed by atoms with E-state index in [4.69, 9.17) is 10.1 Å². The first-order chi connectivity index (χ1) is 12.4. The summed E-state index contributed by atoms with van der Waals surface area (Å²) in [6.07, 6.45) is 1.72. The van der Waals surface area contributed by atoms with Crippen LogP contribution in [-0.2, 0) is 10.0 Å². The molecule has 0 aliphatic heterocycles. The molecule has 2 aromatic carbocycles. The lowest BCUT2D eigenvalue weighted by Crippen LogP contribution is -2.11. The molecule has 0 atom stereocenters. The second-order valence-electron chi connectivity index (χ2n) is 6.02. The molecule has 0 fully saturated rings. The van der Waals surface area contributed by atoms with E-state index in [0.29, 0.717) is 5.82 Å². The highest BCUT2D eigenvalue weighted by Gasteiger charge is 2.16. The van der Waals surface area contributed by atoms with Gasteiger partial charge in [0.25, 0.3) is 0 Å². The molecule has 130 valence electrons. The second kappa shape index (κ2) is 6.05. The predicted octanol–water partition coefficient (Wildman–Crippen LogP) is 3.04. The summed E-state index contributed by atoms with van der Waals surface area (Å²) >= 11 is 0. The third-order valence-corrected chi connectivity index (χ3v) is 5.08. The fraction of sp³-hybridized carbons (Fsp3) is 0.0526. The van der Waals surface area contributed by atoms with Crippen molar-refractivity contribution in [2.24, 2.45) is 5.14 Å². The SMILES string of the molecule is Cc1ccc(-n2c(-c3ccc(S(N)(=O)=O)cc3)nc3cccnc32)cc1. The number of rotatable bonds is 3. The van der Waals surface area contributed by atoms with Gasteiger partial charge >= 0.3 is 0 Å². The first kappa shape index (κ1) is 16.4. The van der Waals surface area contributed by atoms with Gasteiger partial charge in [0.2, 0.25) is 10.0 Å². The summed E-state index contributed by atoms with van der Waals surface area (Å²) < 4.78 is 24.9. The average Bonchev–Trinajstić information content (AvgIpc) is 3.01. The lowest BCUT2D eigenvalue weighted by atomic mass is 10.2. The number of primary sulfonamides is 1. The smallest absolute Gasteiger partial charge is 0.238 e. The molecule has 7 heteroatoms. The van der Waals surface area contributed by atoms with E-state index in [1.165, 1.54) is 12.1 Å². The number of imidazole rings is 1. The van der Waals surface area contributed by atoms with E-state index in [1.807, 2.05) is 47.9 Å². The van der Waals surface area contributed by atoms with Crippen LogP contribution in [0.15, 0.2) is 71.8 Å². The van der Waals surface area contributed by atoms with Crippen molar-refractivity contribution in [3.8, 4) is 17.1 Å². The molecule has 0 unspecified atom stereocenters. The fourth-order valence-corrected chi connectivity index (χ4v) is 3.35. The normalized spacial score (nSPS) is 11.8. The van der Waals surface area contributed by atoms with Crippen molar-refractivity contribution < 1.29 is 8.42 Å². The number of pyridine rings is 1. The van der Waals surface area contributed by atoms with Gasteiger partial charge in [-0.3, -0.25) is 4.57 Å². The van der Waals surface area contributed by atoms with Crippen molar-refractivity contribution in [2.75, 3.05) is 0 Å². The Kier molecular flexibility index (Phi) is 3.82. The van der Waals surface area contributed by atoms with Crippen LogP contribution in [0.2, 0.25) is 0 Å². The quantitative estimate of drug-likeness (QED) is 0.605. The van der Waals surface area contributed by atoms with Crippen molar-refractivity contribution in [1.29, 1.82) is 0 Å². The number of hydrogen-bond donors (Lipinski definition) is 1. The summed E-state index contributed by atoms with van der Waals surface area (Å²) in [5.74, 6) is 0.684. The van der Waals surface area contributed by atoms with Crippen LogP contribution >= 0.6 is 0 Å². The van der Waals surface area contributed by atoms with E-state index >= 15 is 0 Å². The van der Waals surface area contributed by atoms with Crippen LogP contribution in [0.1, 0.15) is 5.56 Å². The summed E-state index contributed by atoms with van der Waals surface area (Å²) in [5, 5.41) is 5.18. The minimum absolute atomic E-state index is 0.0670. The molecule has 0 bridgehead atoms. The van der Waals surface area contributed by atoms with Gasteiger partial charge in [-0.2, -0.15) is 0 Å². The third-order valence-electron chi connectivity index (χ3n) is 4.15. The van der Waals surface area contributed by atoms with E-state index < -0.39 is 10.0 Å². The molecule has 4 aromatic rings. The highest BCUT2D eigenvalue weighted by Crippen LogP contribution is 2.28. The number of nitrogens with zero attached hydrogens (tertiary/aromatic N) is 3. The van der Waals surface area contributed by atoms with Gasteiger partial charge in [0, 0.05) is 17.4 Å². The van der Waals surface area contributed by atoms with E-state index in [9.17, 15) is 8.42 Å². The highest BCUT2D eigenvalue weighted by molar-refractivity contribution is 7.89. The first-order valence-corrected chi connectivity index (χ1v) is 9.52. The predicted molar refractivity (Wildman–Crippen MR) is 100 cm³/mol. The summed E-state index contributed by atoms with van der Waals surface area (Å²) in [6, 6.07) is 18.2. The van der Waals surface area contributed by atoms with Crippen LogP contribution in [0.3, 0.4) is 0 Å². The van der Waals surface area contributed by atoms with Gasteiger partial charge in [-0.05, 0) is 55.5 Å². The Morgan fingerprint density at radius 3 is 2.31 bits per heavy atom. The second-order valence-corrected chi connectivity index (χ2v) is 7.58. The lowest BCUT2D eigenvalue weighted by Gasteiger charge is -2.09. The minimum Gasteiger partial charge on any atom is -0.277 e. The zero-order chi connectivity index (χ0) is 18.3. The summed E-state index contributed by atoms with van der Waals surface area (Å²) in [6.45, 7) is 2.03. The number of benzene rings is 2. The average molecular weight is 364 g/mol.